The van der Waals surface area contributed by atoms with Crippen molar-refractivity contribution in [3.8, 4) is 0 Å². The first-order valence-electron chi connectivity index (χ1n) is 7.31. The van der Waals surface area contributed by atoms with Gasteiger partial charge in [-0.25, -0.2) is 0 Å². The standard InChI is InChI=1S/C14H26O7/c15-7-3-11-20-13(17)5-1-9-19-10-2-6-14(18)21-12-4-8-16/h15-16H,1-12H2. The fourth-order valence-corrected chi connectivity index (χ4v) is 1.38. The van der Waals surface area contributed by atoms with Crippen molar-refractivity contribution >= 4 is 11.9 Å². The second kappa shape index (κ2) is 15.2. The molecular weight excluding hydrogens is 280 g/mol. The third-order valence-electron chi connectivity index (χ3n) is 2.47. The number of aliphatic hydroxyl groups excluding tert-OH is 2. The molecule has 7 nitrogen and oxygen atoms in total. The van der Waals surface area contributed by atoms with Crippen LogP contribution in [0.25, 0.3) is 0 Å². The smallest absolute Gasteiger partial charge is 0.305 e. The Morgan fingerprint density at radius 3 is 1.48 bits per heavy atom. The molecule has 0 bridgehead atoms. The Morgan fingerprint density at radius 1 is 0.667 bits per heavy atom. The molecule has 0 radical (unpaired) electrons. The Balaban J connectivity index is 3.24. The topological polar surface area (TPSA) is 102 Å². The second-order valence-electron chi connectivity index (χ2n) is 4.41. The van der Waals surface area contributed by atoms with Gasteiger partial charge in [-0.2, -0.15) is 0 Å². The Bertz CT molecular complexity index is 242. The van der Waals surface area contributed by atoms with Crippen LogP contribution in [-0.4, -0.2) is 61.8 Å². The Morgan fingerprint density at radius 2 is 1.10 bits per heavy atom. The minimum atomic E-state index is -0.292. The summed E-state index contributed by atoms with van der Waals surface area (Å²) in [6, 6.07) is 0. The van der Waals surface area contributed by atoms with Gasteiger partial charge in [-0.1, -0.05) is 0 Å². The number of aliphatic hydroxyl groups is 2. The molecule has 0 aliphatic rings. The van der Waals surface area contributed by atoms with Gasteiger partial charge < -0.3 is 24.4 Å². The summed E-state index contributed by atoms with van der Waals surface area (Å²) >= 11 is 0. The Kier molecular flexibility index (Phi) is 14.4. The van der Waals surface area contributed by atoms with Crippen molar-refractivity contribution < 1.29 is 34.0 Å². The molecule has 7 heteroatoms. The van der Waals surface area contributed by atoms with Gasteiger partial charge in [0.25, 0.3) is 0 Å². The number of rotatable bonds is 14. The molecule has 0 atom stereocenters. The number of carbonyl (C=O) groups is 2. The average Bonchev–Trinajstić information content (AvgIpc) is 2.47. The fraction of sp³-hybridized carbons (Fsp3) is 0.857. The van der Waals surface area contributed by atoms with Crippen LogP contribution in [0.15, 0.2) is 0 Å². The maximum Gasteiger partial charge on any atom is 0.305 e. The summed E-state index contributed by atoms with van der Waals surface area (Å²) in [7, 11) is 0. The molecule has 124 valence electrons. The molecule has 0 saturated heterocycles. The molecule has 0 saturated carbocycles. The molecule has 0 aromatic heterocycles. The van der Waals surface area contributed by atoms with Crippen LogP contribution in [0.1, 0.15) is 38.5 Å². The van der Waals surface area contributed by atoms with Crippen molar-refractivity contribution in [2.75, 3.05) is 39.6 Å². The minimum absolute atomic E-state index is 0.0127. The highest BCUT2D eigenvalue weighted by molar-refractivity contribution is 5.69. The molecule has 0 aliphatic heterocycles. The van der Waals surface area contributed by atoms with E-state index in [-0.39, 0.29) is 51.2 Å². The van der Waals surface area contributed by atoms with Crippen LogP contribution in [0.3, 0.4) is 0 Å². The van der Waals surface area contributed by atoms with Gasteiger partial charge in [0.2, 0.25) is 0 Å². The summed E-state index contributed by atoms with van der Waals surface area (Å²) in [6.45, 7) is 1.39. The highest BCUT2D eigenvalue weighted by Crippen LogP contribution is 1.98. The summed E-state index contributed by atoms with van der Waals surface area (Å²) < 4.78 is 15.0. The quantitative estimate of drug-likeness (QED) is 0.354. The molecular formula is C14H26O7. The van der Waals surface area contributed by atoms with E-state index in [1.165, 1.54) is 0 Å². The maximum absolute atomic E-state index is 11.2. The first-order valence-corrected chi connectivity index (χ1v) is 7.31. The van der Waals surface area contributed by atoms with Gasteiger partial charge in [0, 0.05) is 52.1 Å². The summed E-state index contributed by atoms with van der Waals surface area (Å²) in [5, 5.41) is 17.0. The molecule has 0 rings (SSSR count). The van der Waals surface area contributed by atoms with Gasteiger partial charge in [0.15, 0.2) is 0 Å². The van der Waals surface area contributed by atoms with E-state index in [9.17, 15) is 9.59 Å². The van der Waals surface area contributed by atoms with Gasteiger partial charge in [0.05, 0.1) is 13.2 Å². The van der Waals surface area contributed by atoms with Crippen molar-refractivity contribution in [1.29, 1.82) is 0 Å². The highest BCUT2D eigenvalue weighted by atomic mass is 16.5. The summed E-state index contributed by atoms with van der Waals surface area (Å²) in [5.74, 6) is -0.584. The van der Waals surface area contributed by atoms with E-state index in [1.54, 1.807) is 0 Å². The first-order chi connectivity index (χ1) is 10.2. The normalized spacial score (nSPS) is 10.4. The van der Waals surface area contributed by atoms with E-state index >= 15 is 0 Å². The Labute approximate surface area is 125 Å². The van der Waals surface area contributed by atoms with Crippen LogP contribution in [0, 0.1) is 0 Å². The lowest BCUT2D eigenvalue weighted by molar-refractivity contribution is -0.144. The van der Waals surface area contributed by atoms with Crippen LogP contribution in [0.5, 0.6) is 0 Å². The van der Waals surface area contributed by atoms with Gasteiger partial charge >= 0.3 is 11.9 Å². The molecule has 0 unspecified atom stereocenters. The molecule has 0 aliphatic carbocycles. The van der Waals surface area contributed by atoms with E-state index in [2.05, 4.69) is 0 Å². The lowest BCUT2D eigenvalue weighted by Crippen LogP contribution is -2.10. The van der Waals surface area contributed by atoms with E-state index in [0.29, 0.717) is 38.9 Å². The van der Waals surface area contributed by atoms with Crippen LogP contribution < -0.4 is 0 Å². The zero-order chi connectivity index (χ0) is 15.8. The van der Waals surface area contributed by atoms with E-state index in [4.69, 9.17) is 24.4 Å². The van der Waals surface area contributed by atoms with Gasteiger partial charge in [-0.3, -0.25) is 9.59 Å². The van der Waals surface area contributed by atoms with Crippen molar-refractivity contribution in [3.63, 3.8) is 0 Å². The van der Waals surface area contributed by atoms with E-state index < -0.39 is 0 Å². The van der Waals surface area contributed by atoms with Crippen molar-refractivity contribution in [1.82, 2.24) is 0 Å². The van der Waals surface area contributed by atoms with E-state index in [1.807, 2.05) is 0 Å². The van der Waals surface area contributed by atoms with Crippen molar-refractivity contribution in [2.45, 2.75) is 38.5 Å². The van der Waals surface area contributed by atoms with Gasteiger partial charge in [-0.05, 0) is 12.8 Å². The minimum Gasteiger partial charge on any atom is -0.466 e. The van der Waals surface area contributed by atoms with E-state index in [0.717, 1.165) is 0 Å². The van der Waals surface area contributed by atoms with Crippen molar-refractivity contribution in [3.05, 3.63) is 0 Å². The maximum atomic E-state index is 11.2. The third kappa shape index (κ3) is 15.0. The zero-order valence-corrected chi connectivity index (χ0v) is 12.4. The molecule has 2 N–H and O–H groups in total. The number of carbonyl (C=O) groups excluding carboxylic acids is 2. The highest BCUT2D eigenvalue weighted by Gasteiger charge is 2.04. The Hall–Kier alpha value is -1.18. The predicted molar refractivity (Wildman–Crippen MR) is 74.6 cm³/mol. The molecule has 0 aromatic rings. The molecule has 0 fully saturated rings. The van der Waals surface area contributed by atoms with Crippen LogP contribution in [-0.2, 0) is 23.8 Å². The second-order valence-corrected chi connectivity index (χ2v) is 4.41. The summed E-state index contributed by atoms with van der Waals surface area (Å²) in [6.07, 6.45) is 2.62. The number of hydrogen-bond donors (Lipinski definition) is 2. The third-order valence-corrected chi connectivity index (χ3v) is 2.47. The molecule has 0 amide bonds. The first kappa shape index (κ1) is 19.8. The number of ether oxygens (including phenoxy) is 3. The molecule has 0 spiro atoms. The molecule has 21 heavy (non-hydrogen) atoms. The lowest BCUT2D eigenvalue weighted by atomic mass is 10.3. The SMILES string of the molecule is O=C(CCCOCCCC(=O)OCCCO)OCCCO. The average molecular weight is 306 g/mol. The summed E-state index contributed by atoms with van der Waals surface area (Å²) in [5.41, 5.74) is 0. The largest absolute Gasteiger partial charge is 0.466 e. The monoisotopic (exact) mass is 306 g/mol. The number of hydrogen-bond acceptors (Lipinski definition) is 7. The lowest BCUT2D eigenvalue weighted by Gasteiger charge is -2.06. The zero-order valence-electron chi connectivity index (χ0n) is 12.4. The van der Waals surface area contributed by atoms with Crippen molar-refractivity contribution in [2.24, 2.45) is 0 Å². The predicted octanol–water partition coefficient (Wildman–Crippen LogP) is 0.415. The summed E-state index contributed by atoms with van der Waals surface area (Å²) in [4.78, 5) is 22.4. The van der Waals surface area contributed by atoms with Gasteiger partial charge in [0.1, 0.15) is 0 Å². The fourth-order valence-electron chi connectivity index (χ4n) is 1.38. The molecule has 0 heterocycles. The van der Waals surface area contributed by atoms with Crippen LogP contribution in [0.2, 0.25) is 0 Å². The van der Waals surface area contributed by atoms with Crippen LogP contribution >= 0.6 is 0 Å². The van der Waals surface area contributed by atoms with Gasteiger partial charge in [-0.15, -0.1) is 0 Å². The number of esters is 2. The van der Waals surface area contributed by atoms with Crippen LogP contribution in [0.4, 0.5) is 0 Å². The molecule has 0 aromatic carbocycles.